The number of Topliss-reactive ketones (excluding diaryl/α,β-unsaturated/α-hetero) is 1. The van der Waals surface area contributed by atoms with E-state index in [9.17, 15) is 14.1 Å². The predicted molar refractivity (Wildman–Crippen MR) is 166 cm³/mol. The summed E-state index contributed by atoms with van der Waals surface area (Å²) in [7, 11) is 1.56. The fraction of sp³-hybridized carbons (Fsp3) is 0.364. The number of pyridine rings is 1. The van der Waals surface area contributed by atoms with E-state index in [1.807, 2.05) is 32.9 Å². The minimum absolute atomic E-state index is 0.0226. The number of aromatic nitrogens is 1. The van der Waals surface area contributed by atoms with Crippen LogP contribution in [0, 0.1) is 5.82 Å². The maximum Gasteiger partial charge on any atom is 0.302 e. The summed E-state index contributed by atoms with van der Waals surface area (Å²) in [5.74, 6) is -0.00285. The van der Waals surface area contributed by atoms with Crippen molar-refractivity contribution in [2.45, 2.75) is 65.5 Å². The molecule has 2 heterocycles. The highest BCUT2D eigenvalue weighted by molar-refractivity contribution is 7.90. The van der Waals surface area contributed by atoms with Gasteiger partial charge < -0.3 is 23.2 Å². The lowest BCUT2D eigenvalue weighted by molar-refractivity contribution is -0.140. The van der Waals surface area contributed by atoms with E-state index in [-0.39, 0.29) is 49.4 Å². The van der Waals surface area contributed by atoms with Gasteiger partial charge in [-0.25, -0.2) is 4.39 Å². The highest BCUT2D eigenvalue weighted by atomic mass is 32.2. The van der Waals surface area contributed by atoms with Gasteiger partial charge in [0.1, 0.15) is 35.1 Å². The van der Waals surface area contributed by atoms with Crippen LogP contribution in [-0.4, -0.2) is 39.8 Å². The van der Waals surface area contributed by atoms with Gasteiger partial charge in [-0.1, -0.05) is 12.1 Å². The quantitative estimate of drug-likeness (QED) is 0.105. The predicted octanol–water partition coefficient (Wildman–Crippen LogP) is 6.22. The molecule has 11 heteroatoms. The summed E-state index contributed by atoms with van der Waals surface area (Å²) in [4.78, 5) is 27.5. The smallest absolute Gasteiger partial charge is 0.302 e. The maximum absolute atomic E-state index is 16.0. The molecule has 9 nitrogen and oxygen atoms in total. The molecule has 0 aliphatic heterocycles. The molecule has 4 rings (SSSR count). The molecule has 0 saturated carbocycles. The van der Waals surface area contributed by atoms with E-state index in [0.29, 0.717) is 34.6 Å². The maximum atomic E-state index is 16.0. The number of benzene rings is 2. The van der Waals surface area contributed by atoms with Crippen LogP contribution in [0.4, 0.5) is 4.39 Å². The largest absolute Gasteiger partial charge is 0.598 e. The molecule has 0 spiro atoms. The van der Waals surface area contributed by atoms with Crippen LogP contribution in [0.25, 0.3) is 22.1 Å². The normalized spacial score (nSPS) is 12.4. The van der Waals surface area contributed by atoms with Gasteiger partial charge in [0, 0.05) is 60.1 Å². The molecule has 234 valence electrons. The Kier molecular flexibility index (Phi) is 10.8. The SMILES string of the molecule is COCc1cc2cc(COc3cc(C(C)=O)ccc3CCOC(C)=O)cc(-c3ccnc(CN[S@@+]([O-])C(C)(C)C)c3F)c2o1. The third-order valence-corrected chi connectivity index (χ3v) is 8.26. The van der Waals surface area contributed by atoms with Crippen molar-refractivity contribution in [3.8, 4) is 16.9 Å². The Labute approximate surface area is 259 Å². The molecule has 0 aliphatic rings. The van der Waals surface area contributed by atoms with Crippen molar-refractivity contribution >= 4 is 34.1 Å². The molecule has 2 aromatic carbocycles. The minimum atomic E-state index is -1.41. The summed E-state index contributed by atoms with van der Waals surface area (Å²) in [6, 6.07) is 12.2. The molecule has 0 saturated heterocycles. The van der Waals surface area contributed by atoms with Gasteiger partial charge in [-0.3, -0.25) is 14.6 Å². The van der Waals surface area contributed by atoms with E-state index in [1.54, 1.807) is 37.4 Å². The molecule has 1 atom stereocenters. The molecule has 4 aromatic rings. The van der Waals surface area contributed by atoms with E-state index in [0.717, 1.165) is 16.5 Å². The third kappa shape index (κ3) is 8.23. The zero-order valence-corrected chi connectivity index (χ0v) is 26.6. The number of ether oxygens (including phenoxy) is 3. The fourth-order valence-electron chi connectivity index (χ4n) is 4.51. The molecular weight excluding hydrogens is 587 g/mol. The molecule has 1 N–H and O–H groups in total. The van der Waals surface area contributed by atoms with Gasteiger partial charge in [-0.05, 0) is 69.2 Å². The van der Waals surface area contributed by atoms with E-state index >= 15 is 4.39 Å². The zero-order valence-electron chi connectivity index (χ0n) is 25.7. The van der Waals surface area contributed by atoms with Crippen molar-refractivity contribution < 1.29 is 37.2 Å². The van der Waals surface area contributed by atoms with Crippen LogP contribution in [0.2, 0.25) is 0 Å². The first-order valence-corrected chi connectivity index (χ1v) is 15.3. The number of fused-ring (bicyclic) bond motifs is 1. The Bertz CT molecular complexity index is 1650. The highest BCUT2D eigenvalue weighted by Crippen LogP contribution is 2.35. The van der Waals surface area contributed by atoms with Crippen LogP contribution >= 0.6 is 0 Å². The first-order chi connectivity index (χ1) is 20.9. The number of carbonyl (C=O) groups excluding carboxylic acids is 2. The van der Waals surface area contributed by atoms with Gasteiger partial charge >= 0.3 is 5.97 Å². The second-order valence-corrected chi connectivity index (χ2v) is 13.3. The number of nitrogens with zero attached hydrogens (tertiary/aromatic N) is 1. The molecule has 0 amide bonds. The van der Waals surface area contributed by atoms with Crippen LogP contribution in [0.15, 0.2) is 53.1 Å². The molecule has 0 radical (unpaired) electrons. The van der Waals surface area contributed by atoms with Crippen molar-refractivity contribution in [2.75, 3.05) is 13.7 Å². The number of methoxy groups -OCH3 is 1. The lowest BCUT2D eigenvalue weighted by Crippen LogP contribution is -2.39. The van der Waals surface area contributed by atoms with Gasteiger partial charge in [-0.2, -0.15) is 0 Å². The number of rotatable bonds is 13. The van der Waals surface area contributed by atoms with Crippen LogP contribution in [-0.2, 0) is 51.8 Å². The molecule has 0 fully saturated rings. The lowest BCUT2D eigenvalue weighted by atomic mass is 10.00. The van der Waals surface area contributed by atoms with E-state index in [1.165, 1.54) is 20.0 Å². The second-order valence-electron chi connectivity index (χ2n) is 11.3. The van der Waals surface area contributed by atoms with E-state index < -0.39 is 21.9 Å². The van der Waals surface area contributed by atoms with Gasteiger partial charge in [-0.15, -0.1) is 4.72 Å². The topological polar surface area (TPSA) is 123 Å². The van der Waals surface area contributed by atoms with Crippen LogP contribution in [0.3, 0.4) is 0 Å². The number of carbonyl (C=O) groups is 2. The lowest BCUT2D eigenvalue weighted by Gasteiger charge is -2.23. The second kappa shape index (κ2) is 14.3. The first-order valence-electron chi connectivity index (χ1n) is 14.1. The number of esters is 1. The first kappa shape index (κ1) is 33.1. The molecular formula is C33H37FN2O7S. The molecule has 2 aromatic heterocycles. The van der Waals surface area contributed by atoms with E-state index in [4.69, 9.17) is 18.6 Å². The van der Waals surface area contributed by atoms with Gasteiger partial charge in [0.25, 0.3) is 0 Å². The number of furan rings is 1. The molecule has 0 unspecified atom stereocenters. The summed E-state index contributed by atoms with van der Waals surface area (Å²) in [5, 5.41) is 0.727. The van der Waals surface area contributed by atoms with Crippen molar-refractivity contribution in [1.82, 2.24) is 9.71 Å². The van der Waals surface area contributed by atoms with Crippen molar-refractivity contribution in [1.29, 1.82) is 0 Å². The summed E-state index contributed by atoms with van der Waals surface area (Å²) < 4.78 is 53.5. The number of ketones is 1. The van der Waals surface area contributed by atoms with Gasteiger partial charge in [0.2, 0.25) is 0 Å². The minimum Gasteiger partial charge on any atom is -0.598 e. The van der Waals surface area contributed by atoms with Crippen molar-refractivity contribution in [2.24, 2.45) is 0 Å². The monoisotopic (exact) mass is 624 g/mol. The third-order valence-electron chi connectivity index (χ3n) is 6.74. The Balaban J connectivity index is 1.70. The molecule has 44 heavy (non-hydrogen) atoms. The molecule has 0 aliphatic carbocycles. The fourth-order valence-corrected chi connectivity index (χ4v) is 5.22. The summed E-state index contributed by atoms with van der Waals surface area (Å²) in [6.07, 6.45) is 1.91. The standard InChI is InChI=1S/C33H37FN2O7S/c1-20(37)24-8-7-23(10-12-41-21(2)38)30(16-24)42-18-22-13-25-15-26(19-40-6)43-32(25)28(14-22)27-9-11-35-29(31(27)34)17-36-44(39)33(3,4)5/h7-9,11,13-16,36H,10,12,17-19H2,1-6H3/t44-/m0/s1. The average Bonchev–Trinajstić information content (AvgIpc) is 3.37. The highest BCUT2D eigenvalue weighted by Gasteiger charge is 2.27. The van der Waals surface area contributed by atoms with Gasteiger partial charge in [0.05, 0.1) is 18.8 Å². The zero-order chi connectivity index (χ0) is 32.0. The van der Waals surface area contributed by atoms with Gasteiger partial charge in [0.15, 0.2) is 11.6 Å². The average molecular weight is 625 g/mol. The number of halogens is 1. The summed E-state index contributed by atoms with van der Waals surface area (Å²) >= 11 is -1.41. The summed E-state index contributed by atoms with van der Waals surface area (Å²) in [5.41, 5.74) is 3.34. The number of nitrogens with one attached hydrogen (secondary N) is 1. The summed E-state index contributed by atoms with van der Waals surface area (Å²) in [6.45, 7) is 8.78. The van der Waals surface area contributed by atoms with Crippen LogP contribution in [0.1, 0.15) is 67.6 Å². The Hall–Kier alpha value is -3.77. The number of hydrogen-bond acceptors (Lipinski definition) is 9. The van der Waals surface area contributed by atoms with Crippen molar-refractivity contribution in [3.63, 3.8) is 0 Å². The van der Waals surface area contributed by atoms with Crippen molar-refractivity contribution in [3.05, 3.63) is 82.6 Å². The Morgan fingerprint density at radius 3 is 2.52 bits per heavy atom. The van der Waals surface area contributed by atoms with E-state index in [2.05, 4.69) is 9.71 Å². The number of hydrogen-bond donors (Lipinski definition) is 1. The Morgan fingerprint density at radius 2 is 1.84 bits per heavy atom. The van der Waals surface area contributed by atoms with Crippen LogP contribution in [0.5, 0.6) is 5.75 Å². The van der Waals surface area contributed by atoms with Crippen LogP contribution < -0.4 is 9.46 Å². The molecule has 0 bridgehead atoms. The Morgan fingerprint density at radius 1 is 1.07 bits per heavy atom.